The van der Waals surface area contributed by atoms with E-state index in [9.17, 15) is 4.79 Å². The lowest BCUT2D eigenvalue weighted by atomic mass is 10.1. The molecule has 0 saturated carbocycles. The maximum absolute atomic E-state index is 11.0. The van der Waals surface area contributed by atoms with Crippen LogP contribution in [-0.2, 0) is 0 Å². The van der Waals surface area contributed by atoms with Crippen LogP contribution < -0.4 is 5.73 Å². The first-order valence-corrected chi connectivity index (χ1v) is 7.33. The molecule has 4 nitrogen and oxygen atoms in total. The molecule has 0 bridgehead atoms. The lowest BCUT2D eigenvalue weighted by Crippen LogP contribution is -2.46. The van der Waals surface area contributed by atoms with Crippen LogP contribution in [0.15, 0.2) is 0 Å². The van der Waals surface area contributed by atoms with Gasteiger partial charge in [-0.05, 0) is 20.8 Å². The summed E-state index contributed by atoms with van der Waals surface area (Å²) in [4.78, 5) is 12.4. The van der Waals surface area contributed by atoms with Crippen molar-refractivity contribution in [3.05, 3.63) is 0 Å². The Morgan fingerprint density at radius 1 is 1.33 bits per heavy atom. The number of carboxylic acid groups (broad SMARTS) is 1. The smallest absolute Gasteiger partial charge is 0.407 e. The summed E-state index contributed by atoms with van der Waals surface area (Å²) < 4.78 is 0. The third-order valence-corrected chi connectivity index (χ3v) is 4.14. The molecule has 0 fully saturated rings. The summed E-state index contributed by atoms with van der Waals surface area (Å²) in [7, 11) is 3.36. The zero-order valence-corrected chi connectivity index (χ0v) is 11.2. The zero-order valence-electron chi connectivity index (χ0n) is 9.52. The Balaban J connectivity index is 3.84. The van der Waals surface area contributed by atoms with Crippen LogP contribution in [0.2, 0.25) is 0 Å². The average molecular weight is 252 g/mol. The molecule has 6 heteroatoms. The summed E-state index contributed by atoms with van der Waals surface area (Å²) in [5.74, 6) is 1.71. The van der Waals surface area contributed by atoms with Crippen molar-refractivity contribution in [1.82, 2.24) is 4.90 Å². The largest absolute Gasteiger partial charge is 0.465 e. The second-order valence-electron chi connectivity index (χ2n) is 4.04. The highest BCUT2D eigenvalue weighted by atomic mass is 33.1. The Hall–Kier alpha value is -0.0700. The van der Waals surface area contributed by atoms with Gasteiger partial charge < -0.3 is 15.7 Å². The molecule has 0 heterocycles. The Morgan fingerprint density at radius 3 is 2.27 bits per heavy atom. The van der Waals surface area contributed by atoms with Crippen molar-refractivity contribution < 1.29 is 9.90 Å². The molecule has 1 amide bonds. The molecule has 0 spiro atoms. The van der Waals surface area contributed by atoms with Gasteiger partial charge in [0, 0.05) is 30.1 Å². The zero-order chi connectivity index (χ0) is 11.9. The fraction of sp³-hybridized carbons (Fsp3) is 0.889. The third-order valence-electron chi connectivity index (χ3n) is 1.72. The molecule has 15 heavy (non-hydrogen) atoms. The lowest BCUT2D eigenvalue weighted by Gasteiger charge is -2.32. The van der Waals surface area contributed by atoms with Gasteiger partial charge in [0.15, 0.2) is 0 Å². The van der Waals surface area contributed by atoms with E-state index in [0.717, 1.165) is 11.5 Å². The van der Waals surface area contributed by atoms with Crippen molar-refractivity contribution in [1.29, 1.82) is 0 Å². The third kappa shape index (κ3) is 6.92. The quantitative estimate of drug-likeness (QED) is 0.560. The normalized spacial score (nSPS) is 11.5. The van der Waals surface area contributed by atoms with Gasteiger partial charge in [0.25, 0.3) is 0 Å². The Labute approximate surface area is 99.4 Å². The van der Waals surface area contributed by atoms with Crippen LogP contribution in [0, 0.1) is 0 Å². The van der Waals surface area contributed by atoms with Gasteiger partial charge >= 0.3 is 6.09 Å². The van der Waals surface area contributed by atoms with Crippen molar-refractivity contribution in [2.75, 3.05) is 24.6 Å². The van der Waals surface area contributed by atoms with Crippen LogP contribution in [0.5, 0.6) is 0 Å². The lowest BCUT2D eigenvalue weighted by molar-refractivity contribution is 0.105. The van der Waals surface area contributed by atoms with Gasteiger partial charge in [-0.2, -0.15) is 0 Å². The van der Waals surface area contributed by atoms with Gasteiger partial charge in [0.2, 0.25) is 0 Å². The number of hydrogen-bond acceptors (Lipinski definition) is 4. The first-order valence-electron chi connectivity index (χ1n) is 4.84. The van der Waals surface area contributed by atoms with Crippen LogP contribution >= 0.6 is 21.6 Å². The molecule has 0 aliphatic rings. The van der Waals surface area contributed by atoms with Crippen molar-refractivity contribution in [2.24, 2.45) is 5.73 Å². The highest BCUT2D eigenvalue weighted by molar-refractivity contribution is 8.76. The molecule has 0 atom stereocenters. The number of nitrogens with two attached hydrogens (primary N) is 1. The van der Waals surface area contributed by atoms with E-state index in [-0.39, 0.29) is 5.54 Å². The van der Waals surface area contributed by atoms with Gasteiger partial charge in [-0.3, -0.25) is 0 Å². The summed E-state index contributed by atoms with van der Waals surface area (Å²) in [5, 5.41) is 9.00. The van der Waals surface area contributed by atoms with Gasteiger partial charge in [-0.15, -0.1) is 0 Å². The first-order chi connectivity index (χ1) is 6.89. The van der Waals surface area contributed by atoms with E-state index in [1.807, 2.05) is 20.8 Å². The second kappa shape index (κ2) is 7.24. The monoisotopic (exact) mass is 252 g/mol. The SMILES string of the molecule is CC(C)(C)N(CCSSCCN)C(=O)O. The van der Waals surface area contributed by atoms with E-state index in [1.165, 1.54) is 4.90 Å². The summed E-state index contributed by atoms with van der Waals surface area (Å²) >= 11 is 0. The van der Waals surface area contributed by atoms with Gasteiger partial charge in [0.1, 0.15) is 0 Å². The summed E-state index contributed by atoms with van der Waals surface area (Å²) in [6.45, 7) is 6.93. The van der Waals surface area contributed by atoms with Crippen LogP contribution in [0.3, 0.4) is 0 Å². The maximum Gasteiger partial charge on any atom is 0.407 e. The Morgan fingerprint density at radius 2 is 1.87 bits per heavy atom. The maximum atomic E-state index is 11.0. The fourth-order valence-electron chi connectivity index (χ4n) is 1.01. The molecule has 0 aliphatic heterocycles. The molecule has 0 rings (SSSR count). The summed E-state index contributed by atoms with van der Waals surface area (Å²) in [6, 6.07) is 0. The van der Waals surface area contributed by atoms with E-state index in [0.29, 0.717) is 13.1 Å². The van der Waals surface area contributed by atoms with E-state index in [4.69, 9.17) is 10.8 Å². The van der Waals surface area contributed by atoms with E-state index < -0.39 is 6.09 Å². The van der Waals surface area contributed by atoms with Crippen molar-refractivity contribution in [3.63, 3.8) is 0 Å². The molecular weight excluding hydrogens is 232 g/mol. The van der Waals surface area contributed by atoms with Crippen LogP contribution in [0.1, 0.15) is 20.8 Å². The highest BCUT2D eigenvalue weighted by Crippen LogP contribution is 2.22. The number of carbonyl (C=O) groups is 1. The first kappa shape index (κ1) is 14.9. The van der Waals surface area contributed by atoms with Gasteiger partial charge in [-0.25, -0.2) is 4.79 Å². The molecule has 90 valence electrons. The van der Waals surface area contributed by atoms with Gasteiger partial charge in [-0.1, -0.05) is 21.6 Å². The van der Waals surface area contributed by atoms with Gasteiger partial charge in [0.05, 0.1) is 0 Å². The molecule has 0 aromatic carbocycles. The molecule has 0 saturated heterocycles. The predicted octanol–water partition coefficient (Wildman–Crippen LogP) is 2.10. The average Bonchev–Trinajstić information content (AvgIpc) is 2.08. The minimum atomic E-state index is -0.855. The number of rotatable bonds is 6. The fourth-order valence-corrected chi connectivity index (χ4v) is 2.82. The topological polar surface area (TPSA) is 66.6 Å². The molecular formula is C9H20N2O2S2. The number of amides is 1. The summed E-state index contributed by atoms with van der Waals surface area (Å²) in [6.07, 6.45) is -0.855. The van der Waals surface area contributed by atoms with Crippen molar-refractivity contribution >= 4 is 27.7 Å². The standard InChI is InChI=1S/C9H20N2O2S2/c1-9(2,3)11(8(12)13)5-7-15-14-6-4-10/h4-7,10H2,1-3H3,(H,12,13). The molecule has 0 radical (unpaired) electrons. The molecule has 0 unspecified atom stereocenters. The number of hydrogen-bond donors (Lipinski definition) is 2. The van der Waals surface area contributed by atoms with E-state index in [1.54, 1.807) is 21.6 Å². The van der Waals surface area contributed by atoms with Crippen molar-refractivity contribution in [2.45, 2.75) is 26.3 Å². The van der Waals surface area contributed by atoms with E-state index in [2.05, 4.69) is 0 Å². The Bertz CT molecular complexity index is 195. The van der Waals surface area contributed by atoms with Crippen molar-refractivity contribution in [3.8, 4) is 0 Å². The minimum Gasteiger partial charge on any atom is -0.465 e. The van der Waals surface area contributed by atoms with Crippen LogP contribution in [-0.4, -0.2) is 46.2 Å². The highest BCUT2D eigenvalue weighted by Gasteiger charge is 2.25. The minimum absolute atomic E-state index is 0.328. The van der Waals surface area contributed by atoms with Crippen LogP contribution in [0.25, 0.3) is 0 Å². The molecule has 0 aromatic heterocycles. The van der Waals surface area contributed by atoms with E-state index >= 15 is 0 Å². The molecule has 0 aliphatic carbocycles. The number of nitrogens with zero attached hydrogens (tertiary/aromatic N) is 1. The summed E-state index contributed by atoms with van der Waals surface area (Å²) in [5.41, 5.74) is 5.02. The second-order valence-corrected chi connectivity index (χ2v) is 6.74. The Kier molecular flexibility index (Phi) is 7.21. The molecule has 3 N–H and O–H groups in total. The van der Waals surface area contributed by atoms with Crippen LogP contribution in [0.4, 0.5) is 4.79 Å². The molecule has 0 aromatic rings. The predicted molar refractivity (Wildman–Crippen MR) is 68.5 cm³/mol.